The van der Waals surface area contributed by atoms with Gasteiger partial charge in [0, 0.05) is 12.1 Å². The summed E-state index contributed by atoms with van der Waals surface area (Å²) >= 11 is 0. The molecular formula is C12H19N3O4S. The fourth-order valence-electron chi connectivity index (χ4n) is 2.61. The van der Waals surface area contributed by atoms with Gasteiger partial charge < -0.3 is 15.5 Å². The van der Waals surface area contributed by atoms with Crippen molar-refractivity contribution in [2.45, 2.75) is 37.1 Å². The molecule has 1 saturated carbocycles. The highest BCUT2D eigenvalue weighted by Gasteiger charge is 2.29. The van der Waals surface area contributed by atoms with E-state index in [1.54, 1.807) is 0 Å². The van der Waals surface area contributed by atoms with Crippen LogP contribution < -0.4 is 16.2 Å². The quantitative estimate of drug-likeness (QED) is 0.726. The van der Waals surface area contributed by atoms with Gasteiger partial charge in [-0.2, -0.15) is 0 Å². The number of nitrogens with one attached hydrogen (secondary N) is 1. The van der Waals surface area contributed by atoms with Crippen molar-refractivity contribution in [3.8, 4) is 0 Å². The van der Waals surface area contributed by atoms with Crippen LogP contribution in [0, 0.1) is 12.8 Å². The van der Waals surface area contributed by atoms with Gasteiger partial charge in [-0.05, 0) is 32.2 Å². The summed E-state index contributed by atoms with van der Waals surface area (Å²) in [7, 11) is -3.88. The van der Waals surface area contributed by atoms with Crippen LogP contribution in [-0.2, 0) is 10.0 Å². The smallest absolute Gasteiger partial charge is 0.287 e. The summed E-state index contributed by atoms with van der Waals surface area (Å²) in [5, 5.41) is 7.88. The van der Waals surface area contributed by atoms with Gasteiger partial charge in [-0.15, -0.1) is 0 Å². The third kappa shape index (κ3) is 3.02. The normalized spacial score (nSPS) is 22.9. The molecule has 0 saturated heterocycles. The molecule has 20 heavy (non-hydrogen) atoms. The second kappa shape index (κ2) is 5.55. The second-order valence-electron chi connectivity index (χ2n) is 5.08. The molecule has 0 radical (unpaired) electrons. The average molecular weight is 301 g/mol. The summed E-state index contributed by atoms with van der Waals surface area (Å²) in [6.07, 6.45) is 2.88. The lowest BCUT2D eigenvalue weighted by Gasteiger charge is -2.18. The predicted octanol–water partition coefficient (Wildman–Crippen LogP) is 0.0926. The van der Waals surface area contributed by atoms with Gasteiger partial charge in [-0.1, -0.05) is 6.42 Å². The minimum Gasteiger partial charge on any atom is -0.455 e. The molecule has 2 rings (SSSR count). The Hall–Kier alpha value is -1.38. The van der Waals surface area contributed by atoms with Crippen LogP contribution >= 0.6 is 0 Å². The number of nitrogens with two attached hydrogens (primary N) is 2. The fraction of sp³-hybridized carbons (Fsp3) is 0.583. The van der Waals surface area contributed by atoms with Gasteiger partial charge in [0.1, 0.15) is 10.7 Å². The molecule has 1 fully saturated rings. The van der Waals surface area contributed by atoms with Crippen LogP contribution in [-0.4, -0.2) is 26.9 Å². The van der Waals surface area contributed by atoms with E-state index in [1.165, 1.54) is 6.92 Å². The van der Waals surface area contributed by atoms with Gasteiger partial charge in [0.2, 0.25) is 10.0 Å². The Kier molecular flexibility index (Phi) is 4.17. The number of hydrogen-bond acceptors (Lipinski definition) is 5. The third-order valence-electron chi connectivity index (χ3n) is 3.68. The molecule has 1 heterocycles. The van der Waals surface area contributed by atoms with Crippen LogP contribution in [0.3, 0.4) is 0 Å². The molecule has 1 amide bonds. The molecule has 0 spiro atoms. The summed E-state index contributed by atoms with van der Waals surface area (Å²) in [6, 6.07) is 1.17. The molecule has 0 aliphatic heterocycles. The number of aryl methyl sites for hydroxylation is 1. The Labute approximate surface area is 117 Å². The van der Waals surface area contributed by atoms with Gasteiger partial charge in [-0.25, -0.2) is 13.6 Å². The number of amides is 1. The van der Waals surface area contributed by atoms with Crippen molar-refractivity contribution in [3.05, 3.63) is 17.6 Å². The van der Waals surface area contributed by atoms with Crippen LogP contribution in [0.25, 0.3) is 0 Å². The molecule has 2 atom stereocenters. The van der Waals surface area contributed by atoms with Gasteiger partial charge >= 0.3 is 0 Å². The van der Waals surface area contributed by atoms with Crippen LogP contribution in [0.5, 0.6) is 0 Å². The number of hydrogen-bond donors (Lipinski definition) is 3. The number of furan rings is 1. The molecule has 0 aromatic carbocycles. The standard InChI is InChI=1S/C12H19N3O4S/c1-7-11(20(14,17)18)5-10(19-7)12(16)15-9-4-2-3-8(9)6-13/h5,8-9H,2-4,6,13H2,1H3,(H,15,16)(H2,14,17,18). The first-order chi connectivity index (χ1) is 9.32. The molecule has 5 N–H and O–H groups in total. The van der Waals surface area contributed by atoms with E-state index < -0.39 is 15.9 Å². The van der Waals surface area contributed by atoms with Crippen molar-refractivity contribution in [3.63, 3.8) is 0 Å². The number of rotatable bonds is 4. The minimum absolute atomic E-state index is 0.0100. The Morgan fingerprint density at radius 2 is 2.20 bits per heavy atom. The van der Waals surface area contributed by atoms with Crippen LogP contribution in [0.15, 0.2) is 15.4 Å². The van der Waals surface area contributed by atoms with E-state index in [-0.39, 0.29) is 28.4 Å². The SMILES string of the molecule is Cc1oc(C(=O)NC2CCCC2CN)cc1S(N)(=O)=O. The molecule has 1 aliphatic carbocycles. The average Bonchev–Trinajstić information content (AvgIpc) is 2.94. The van der Waals surface area contributed by atoms with Crippen molar-refractivity contribution in [2.24, 2.45) is 16.8 Å². The van der Waals surface area contributed by atoms with E-state index >= 15 is 0 Å². The Bertz CT molecular complexity index is 608. The van der Waals surface area contributed by atoms with E-state index in [9.17, 15) is 13.2 Å². The fourth-order valence-corrected chi connectivity index (χ4v) is 3.32. The largest absolute Gasteiger partial charge is 0.455 e. The zero-order valence-electron chi connectivity index (χ0n) is 11.3. The van der Waals surface area contributed by atoms with Crippen molar-refractivity contribution >= 4 is 15.9 Å². The summed E-state index contributed by atoms with van der Waals surface area (Å²) in [5.74, 6) is -0.116. The molecule has 2 unspecified atom stereocenters. The zero-order chi connectivity index (χ0) is 14.9. The van der Waals surface area contributed by atoms with E-state index in [0.29, 0.717) is 6.54 Å². The lowest BCUT2D eigenvalue weighted by Crippen LogP contribution is -2.39. The highest BCUT2D eigenvalue weighted by atomic mass is 32.2. The lowest BCUT2D eigenvalue weighted by molar-refractivity contribution is 0.0899. The second-order valence-corrected chi connectivity index (χ2v) is 6.61. The van der Waals surface area contributed by atoms with Crippen molar-refractivity contribution in [1.82, 2.24) is 5.32 Å². The zero-order valence-corrected chi connectivity index (χ0v) is 12.1. The Morgan fingerprint density at radius 3 is 2.75 bits per heavy atom. The maximum Gasteiger partial charge on any atom is 0.287 e. The molecule has 1 aromatic heterocycles. The summed E-state index contributed by atoms with van der Waals surface area (Å²) < 4.78 is 27.8. The summed E-state index contributed by atoms with van der Waals surface area (Å²) in [4.78, 5) is 11.9. The van der Waals surface area contributed by atoms with Crippen molar-refractivity contribution in [1.29, 1.82) is 0 Å². The first-order valence-corrected chi connectivity index (χ1v) is 8.01. The molecule has 1 aromatic rings. The topological polar surface area (TPSA) is 128 Å². The molecular weight excluding hydrogens is 282 g/mol. The lowest BCUT2D eigenvalue weighted by atomic mass is 10.0. The van der Waals surface area contributed by atoms with Crippen molar-refractivity contribution in [2.75, 3.05) is 6.54 Å². The molecule has 112 valence electrons. The maximum atomic E-state index is 12.1. The van der Waals surface area contributed by atoms with E-state index in [4.69, 9.17) is 15.3 Å². The molecule has 0 bridgehead atoms. The number of carbonyl (C=O) groups excluding carboxylic acids is 1. The number of primary sulfonamides is 1. The van der Waals surface area contributed by atoms with Crippen LogP contribution in [0.2, 0.25) is 0 Å². The highest BCUT2D eigenvalue weighted by Crippen LogP contribution is 2.25. The monoisotopic (exact) mass is 301 g/mol. The van der Waals surface area contributed by atoms with E-state index in [2.05, 4.69) is 5.32 Å². The Balaban J connectivity index is 2.14. The highest BCUT2D eigenvalue weighted by molar-refractivity contribution is 7.89. The van der Waals surface area contributed by atoms with Gasteiger partial charge in [0.15, 0.2) is 5.76 Å². The third-order valence-corrected chi connectivity index (χ3v) is 4.70. The van der Waals surface area contributed by atoms with E-state index in [1.807, 2.05) is 0 Å². The molecule has 8 heteroatoms. The van der Waals surface area contributed by atoms with Crippen LogP contribution in [0.4, 0.5) is 0 Å². The Morgan fingerprint density at radius 1 is 1.50 bits per heavy atom. The van der Waals surface area contributed by atoms with Gasteiger partial charge in [0.25, 0.3) is 5.91 Å². The molecule has 7 nitrogen and oxygen atoms in total. The van der Waals surface area contributed by atoms with E-state index in [0.717, 1.165) is 25.3 Å². The number of carbonyl (C=O) groups is 1. The first kappa shape index (κ1) is 15.0. The van der Waals surface area contributed by atoms with Gasteiger partial charge in [0.05, 0.1) is 0 Å². The summed E-state index contributed by atoms with van der Waals surface area (Å²) in [6.45, 7) is 1.97. The first-order valence-electron chi connectivity index (χ1n) is 6.47. The summed E-state index contributed by atoms with van der Waals surface area (Å²) in [5.41, 5.74) is 5.65. The van der Waals surface area contributed by atoms with Crippen LogP contribution in [0.1, 0.15) is 35.6 Å². The maximum absolute atomic E-state index is 12.1. The number of sulfonamides is 1. The minimum atomic E-state index is -3.88. The molecule has 1 aliphatic rings. The predicted molar refractivity (Wildman–Crippen MR) is 72.5 cm³/mol. The van der Waals surface area contributed by atoms with Gasteiger partial charge in [-0.3, -0.25) is 4.79 Å². The van der Waals surface area contributed by atoms with Crippen molar-refractivity contribution < 1.29 is 17.6 Å².